The molecule has 1 unspecified atom stereocenters. The summed E-state index contributed by atoms with van der Waals surface area (Å²) in [5.74, 6) is -0.792. The molecule has 0 spiro atoms. The van der Waals surface area contributed by atoms with Crippen molar-refractivity contribution in [2.45, 2.75) is 32.4 Å². The van der Waals surface area contributed by atoms with Gasteiger partial charge in [0.1, 0.15) is 0 Å². The lowest BCUT2D eigenvalue weighted by molar-refractivity contribution is -0.136. The zero-order valence-electron chi connectivity index (χ0n) is 11.5. The molecule has 20 heavy (non-hydrogen) atoms. The molecule has 3 nitrogen and oxygen atoms in total. The fraction of sp³-hybridized carbons (Fsp3) is 0.312. The molecule has 2 aromatic rings. The van der Waals surface area contributed by atoms with Crippen LogP contribution in [0.4, 0.5) is 0 Å². The Morgan fingerprint density at radius 1 is 1.25 bits per heavy atom. The molecule has 0 saturated heterocycles. The zero-order valence-corrected chi connectivity index (χ0v) is 12.3. The minimum Gasteiger partial charge on any atom is -0.481 e. The normalized spacial score (nSPS) is 12.2. The fourth-order valence-electron chi connectivity index (χ4n) is 2.13. The minimum atomic E-state index is -0.792. The van der Waals surface area contributed by atoms with E-state index in [1.54, 1.807) is 11.3 Å². The number of carbonyl (C=O) groups is 1. The van der Waals surface area contributed by atoms with E-state index in [0.717, 1.165) is 18.5 Å². The van der Waals surface area contributed by atoms with Crippen molar-refractivity contribution in [2.75, 3.05) is 0 Å². The summed E-state index contributed by atoms with van der Waals surface area (Å²) < 4.78 is 0. The van der Waals surface area contributed by atoms with Crippen molar-refractivity contribution in [2.24, 2.45) is 0 Å². The van der Waals surface area contributed by atoms with Crippen molar-refractivity contribution < 1.29 is 9.90 Å². The highest BCUT2D eigenvalue weighted by Gasteiger charge is 2.09. The van der Waals surface area contributed by atoms with Gasteiger partial charge in [0.2, 0.25) is 0 Å². The molecular formula is C16H19NO2S. The Morgan fingerprint density at radius 2 is 1.95 bits per heavy atom. The van der Waals surface area contributed by atoms with Gasteiger partial charge < -0.3 is 10.4 Å². The van der Waals surface area contributed by atoms with E-state index in [4.69, 9.17) is 5.11 Å². The predicted molar refractivity (Wildman–Crippen MR) is 82.0 cm³/mol. The quantitative estimate of drug-likeness (QED) is 0.818. The number of nitrogens with one attached hydrogen (secondary N) is 1. The molecule has 0 amide bonds. The number of rotatable bonds is 7. The van der Waals surface area contributed by atoms with E-state index in [1.165, 1.54) is 10.4 Å². The molecule has 2 N–H and O–H groups in total. The smallest absolute Gasteiger partial charge is 0.307 e. The summed E-state index contributed by atoms with van der Waals surface area (Å²) >= 11 is 1.77. The maximum Gasteiger partial charge on any atom is 0.307 e. The van der Waals surface area contributed by atoms with E-state index in [1.807, 2.05) is 24.3 Å². The molecule has 0 radical (unpaired) electrons. The molecule has 1 heterocycles. The molecule has 1 aromatic heterocycles. The molecule has 0 aliphatic rings. The molecule has 0 aliphatic heterocycles. The Balaban J connectivity index is 1.91. The lowest BCUT2D eigenvalue weighted by atomic mass is 10.1. The van der Waals surface area contributed by atoms with Gasteiger partial charge in [0.15, 0.2) is 0 Å². The Labute approximate surface area is 123 Å². The van der Waals surface area contributed by atoms with E-state index in [9.17, 15) is 4.79 Å². The van der Waals surface area contributed by atoms with Crippen molar-refractivity contribution in [1.29, 1.82) is 0 Å². The van der Waals surface area contributed by atoms with E-state index in [2.05, 4.69) is 29.8 Å². The van der Waals surface area contributed by atoms with Gasteiger partial charge in [-0.1, -0.05) is 37.3 Å². The second-order valence-corrected chi connectivity index (χ2v) is 5.72. The van der Waals surface area contributed by atoms with Crippen LogP contribution in [0.2, 0.25) is 0 Å². The number of aliphatic carboxylic acids is 1. The van der Waals surface area contributed by atoms with Crippen LogP contribution in [-0.4, -0.2) is 11.1 Å². The first-order valence-corrected chi connectivity index (χ1v) is 7.63. The van der Waals surface area contributed by atoms with E-state index in [0.29, 0.717) is 6.04 Å². The summed E-state index contributed by atoms with van der Waals surface area (Å²) in [6.07, 6.45) is 1.14. The fourth-order valence-corrected chi connectivity index (χ4v) is 3.01. The summed E-state index contributed by atoms with van der Waals surface area (Å²) in [5.41, 5.74) is 2.01. The van der Waals surface area contributed by atoms with Crippen molar-refractivity contribution in [3.8, 4) is 0 Å². The molecule has 0 aliphatic carbocycles. The summed E-state index contributed by atoms with van der Waals surface area (Å²) in [4.78, 5) is 12.0. The van der Waals surface area contributed by atoms with Crippen LogP contribution in [0, 0.1) is 0 Å². The summed E-state index contributed by atoms with van der Waals surface area (Å²) in [5, 5.41) is 14.4. The number of benzene rings is 1. The first kappa shape index (κ1) is 14.8. The van der Waals surface area contributed by atoms with Crippen molar-refractivity contribution in [1.82, 2.24) is 5.32 Å². The van der Waals surface area contributed by atoms with Gasteiger partial charge in [0.05, 0.1) is 6.42 Å². The summed E-state index contributed by atoms with van der Waals surface area (Å²) in [6.45, 7) is 2.97. The predicted octanol–water partition coefficient (Wildman–Crippen LogP) is 3.62. The molecule has 0 bridgehead atoms. The molecular weight excluding hydrogens is 270 g/mol. The van der Waals surface area contributed by atoms with Crippen molar-refractivity contribution in [3.63, 3.8) is 0 Å². The monoisotopic (exact) mass is 289 g/mol. The van der Waals surface area contributed by atoms with Gasteiger partial charge >= 0.3 is 5.97 Å². The molecule has 1 atom stereocenters. The lowest BCUT2D eigenvalue weighted by Crippen LogP contribution is -2.19. The second-order valence-electron chi connectivity index (χ2n) is 4.74. The average Bonchev–Trinajstić information content (AvgIpc) is 2.95. The number of hydrogen-bond donors (Lipinski definition) is 2. The van der Waals surface area contributed by atoms with Crippen molar-refractivity contribution in [3.05, 3.63) is 57.8 Å². The third-order valence-electron chi connectivity index (χ3n) is 3.23. The summed E-state index contributed by atoms with van der Waals surface area (Å²) in [7, 11) is 0. The van der Waals surface area contributed by atoms with Gasteiger partial charge in [-0.3, -0.25) is 4.79 Å². The molecule has 0 saturated carbocycles. The van der Waals surface area contributed by atoms with Gasteiger partial charge in [-0.25, -0.2) is 0 Å². The Kier molecular flexibility index (Phi) is 5.32. The third kappa shape index (κ3) is 4.18. The number of hydrogen-bond acceptors (Lipinski definition) is 3. The average molecular weight is 289 g/mol. The van der Waals surface area contributed by atoms with E-state index >= 15 is 0 Å². The Hall–Kier alpha value is -1.65. The van der Waals surface area contributed by atoms with Crippen LogP contribution in [-0.2, 0) is 17.8 Å². The molecule has 4 heteroatoms. The SMILES string of the molecule is CCC(NCc1ccc(CC(=O)O)cc1)c1cccs1. The van der Waals surface area contributed by atoms with Crippen LogP contribution in [0.25, 0.3) is 0 Å². The van der Waals surface area contributed by atoms with Gasteiger partial charge in [-0.2, -0.15) is 0 Å². The van der Waals surface area contributed by atoms with Gasteiger partial charge in [0, 0.05) is 17.5 Å². The molecule has 0 fully saturated rings. The first-order valence-electron chi connectivity index (χ1n) is 6.75. The standard InChI is InChI=1S/C16H19NO2S/c1-2-14(15-4-3-9-20-15)17-11-13-7-5-12(6-8-13)10-16(18)19/h3-9,14,17H,2,10-11H2,1H3,(H,18,19). The van der Waals surface area contributed by atoms with Gasteiger partial charge in [-0.05, 0) is 29.0 Å². The Morgan fingerprint density at radius 3 is 2.50 bits per heavy atom. The lowest BCUT2D eigenvalue weighted by Gasteiger charge is -2.15. The third-order valence-corrected chi connectivity index (χ3v) is 4.21. The van der Waals surface area contributed by atoms with Crippen molar-refractivity contribution >= 4 is 17.3 Å². The van der Waals surface area contributed by atoms with Crippen LogP contribution in [0.15, 0.2) is 41.8 Å². The second kappa shape index (κ2) is 7.22. The zero-order chi connectivity index (χ0) is 14.4. The number of carboxylic acids is 1. The number of carboxylic acid groups (broad SMARTS) is 1. The highest BCUT2D eigenvalue weighted by atomic mass is 32.1. The highest BCUT2D eigenvalue weighted by molar-refractivity contribution is 7.10. The Bertz CT molecular complexity index is 534. The van der Waals surface area contributed by atoms with Crippen LogP contribution in [0.5, 0.6) is 0 Å². The minimum absolute atomic E-state index is 0.0838. The largest absolute Gasteiger partial charge is 0.481 e. The molecule has 1 aromatic carbocycles. The highest BCUT2D eigenvalue weighted by Crippen LogP contribution is 2.22. The molecule has 106 valence electrons. The van der Waals surface area contributed by atoms with Crippen LogP contribution < -0.4 is 5.32 Å². The maximum absolute atomic E-state index is 10.6. The van der Waals surface area contributed by atoms with Gasteiger partial charge in [-0.15, -0.1) is 11.3 Å². The van der Waals surface area contributed by atoms with Crippen LogP contribution >= 0.6 is 11.3 Å². The number of thiophene rings is 1. The van der Waals surface area contributed by atoms with Gasteiger partial charge in [0.25, 0.3) is 0 Å². The van der Waals surface area contributed by atoms with E-state index < -0.39 is 5.97 Å². The van der Waals surface area contributed by atoms with E-state index in [-0.39, 0.29) is 6.42 Å². The van der Waals surface area contributed by atoms with Crippen LogP contribution in [0.1, 0.15) is 35.4 Å². The molecule has 2 rings (SSSR count). The topological polar surface area (TPSA) is 49.3 Å². The maximum atomic E-state index is 10.6. The first-order chi connectivity index (χ1) is 9.69. The summed E-state index contributed by atoms with van der Waals surface area (Å²) in [6, 6.07) is 12.4. The van der Waals surface area contributed by atoms with Crippen LogP contribution in [0.3, 0.4) is 0 Å².